The highest BCUT2D eigenvalue weighted by Gasteiger charge is 2.43. The van der Waals surface area contributed by atoms with E-state index < -0.39 is 43.2 Å². The molecule has 9 heteroatoms. The van der Waals surface area contributed by atoms with E-state index in [4.69, 9.17) is 9.84 Å². The average molecular weight is 281 g/mol. The van der Waals surface area contributed by atoms with Gasteiger partial charge < -0.3 is 30.5 Å². The van der Waals surface area contributed by atoms with E-state index in [1.165, 1.54) is 6.92 Å². The molecule has 2 aliphatic rings. The number of carbonyl (C=O) groups is 1. The lowest BCUT2D eigenvalue weighted by Gasteiger charge is -2.40. The first-order chi connectivity index (χ1) is 8.97. The highest BCUT2D eigenvalue weighted by Crippen LogP contribution is 2.19. The van der Waals surface area contributed by atoms with Gasteiger partial charge in [0.25, 0.3) is 0 Å². The largest absolute Gasteiger partial charge is 0.394 e. The maximum atomic E-state index is 10.7. The molecule has 19 heavy (non-hydrogen) atoms. The molecule has 2 heterocycles. The minimum Gasteiger partial charge on any atom is -0.394 e. The molecule has 0 unspecified atom stereocenters. The van der Waals surface area contributed by atoms with Crippen LogP contribution in [0.1, 0.15) is 6.92 Å². The first-order valence-electron chi connectivity index (χ1n) is 5.79. The van der Waals surface area contributed by atoms with E-state index in [-0.39, 0.29) is 0 Å². The molecule has 2 fully saturated rings. The Kier molecular flexibility index (Phi) is 6.58. The maximum Gasteiger partial charge on any atom is 0.217 e. The van der Waals surface area contributed by atoms with Gasteiger partial charge in [-0.1, -0.05) is 0 Å². The Morgan fingerprint density at radius 1 is 1.21 bits per heavy atom. The van der Waals surface area contributed by atoms with Crippen molar-refractivity contribution in [1.82, 2.24) is 5.32 Å². The van der Waals surface area contributed by atoms with Crippen LogP contribution < -0.4 is 5.32 Å². The third-order valence-electron chi connectivity index (χ3n) is 2.60. The Balaban J connectivity index is 0.000000382. The van der Waals surface area contributed by atoms with E-state index in [0.29, 0.717) is 0 Å². The fourth-order valence-electron chi connectivity index (χ4n) is 1.57. The molecule has 1 amide bonds. The molecule has 0 saturated carbocycles. The van der Waals surface area contributed by atoms with Crippen LogP contribution in [0.5, 0.6) is 0 Å². The summed E-state index contributed by atoms with van der Waals surface area (Å²) in [7, 11) is 0. The van der Waals surface area contributed by atoms with Crippen LogP contribution in [0.25, 0.3) is 0 Å². The van der Waals surface area contributed by atoms with Gasteiger partial charge in [0.1, 0.15) is 37.6 Å². The summed E-state index contributed by atoms with van der Waals surface area (Å²) in [5.74, 6) is -0.462. The van der Waals surface area contributed by atoms with Gasteiger partial charge in [-0.15, -0.1) is 0 Å². The first kappa shape index (κ1) is 16.2. The first-order valence-corrected chi connectivity index (χ1v) is 5.79. The zero-order valence-corrected chi connectivity index (χ0v) is 10.4. The summed E-state index contributed by atoms with van der Waals surface area (Å²) in [6.45, 7) is 2.24. The summed E-state index contributed by atoms with van der Waals surface area (Å²) >= 11 is 0. The molecule has 5 atom stereocenters. The van der Waals surface area contributed by atoms with E-state index in [1.807, 2.05) is 0 Å². The second-order valence-electron chi connectivity index (χ2n) is 4.10. The number of hydrogen-bond donors (Lipinski definition) is 5. The molecule has 2 aliphatic heterocycles. The van der Waals surface area contributed by atoms with Gasteiger partial charge in [0.2, 0.25) is 5.91 Å². The number of aliphatic hydroxyl groups excluding tert-OH is 4. The SMILES string of the molecule is C1COO1.CC(=O)N[C@@H]1[C@@H](O)[C@@H](O)[C@@H](CO)O[C@H]1O. The van der Waals surface area contributed by atoms with Crippen LogP contribution in [0.4, 0.5) is 0 Å². The van der Waals surface area contributed by atoms with Crippen molar-refractivity contribution in [2.75, 3.05) is 19.8 Å². The Hall–Kier alpha value is -0.810. The van der Waals surface area contributed by atoms with Gasteiger partial charge in [-0.05, 0) is 0 Å². The number of carbonyl (C=O) groups excluding carboxylic acids is 1. The molecular weight excluding hydrogens is 262 g/mol. The molecule has 2 rings (SSSR count). The van der Waals surface area contributed by atoms with Crippen molar-refractivity contribution in [2.45, 2.75) is 37.6 Å². The average Bonchev–Trinajstić information content (AvgIpc) is 2.27. The van der Waals surface area contributed by atoms with Crippen LogP contribution in [-0.4, -0.2) is 76.8 Å². The van der Waals surface area contributed by atoms with Crippen molar-refractivity contribution in [3.05, 3.63) is 0 Å². The molecule has 2 saturated heterocycles. The van der Waals surface area contributed by atoms with Crippen molar-refractivity contribution in [3.63, 3.8) is 0 Å². The van der Waals surface area contributed by atoms with Crippen LogP contribution in [0.15, 0.2) is 0 Å². The van der Waals surface area contributed by atoms with Crippen molar-refractivity contribution in [2.24, 2.45) is 0 Å². The summed E-state index contributed by atoms with van der Waals surface area (Å²) in [5.41, 5.74) is 0. The fraction of sp³-hybridized carbons (Fsp3) is 0.900. The lowest BCUT2D eigenvalue weighted by molar-refractivity contribution is -0.382. The fourth-order valence-corrected chi connectivity index (χ4v) is 1.57. The van der Waals surface area contributed by atoms with E-state index in [9.17, 15) is 20.1 Å². The Morgan fingerprint density at radius 3 is 2.11 bits per heavy atom. The monoisotopic (exact) mass is 281 g/mol. The smallest absolute Gasteiger partial charge is 0.217 e. The maximum absolute atomic E-state index is 10.7. The lowest BCUT2D eigenvalue weighted by Crippen LogP contribution is -2.63. The summed E-state index contributed by atoms with van der Waals surface area (Å²) in [4.78, 5) is 19.2. The predicted molar refractivity (Wildman–Crippen MR) is 59.5 cm³/mol. The molecule has 0 aromatic rings. The van der Waals surface area contributed by atoms with Gasteiger partial charge in [0.15, 0.2) is 6.29 Å². The molecular formula is C10H19NO8. The van der Waals surface area contributed by atoms with E-state index in [0.717, 1.165) is 13.2 Å². The highest BCUT2D eigenvalue weighted by molar-refractivity contribution is 5.73. The Morgan fingerprint density at radius 2 is 1.74 bits per heavy atom. The quantitative estimate of drug-likeness (QED) is 0.335. The van der Waals surface area contributed by atoms with Gasteiger partial charge >= 0.3 is 0 Å². The summed E-state index contributed by atoms with van der Waals surface area (Å²) in [5, 5.41) is 39.4. The summed E-state index contributed by atoms with van der Waals surface area (Å²) in [6, 6.07) is -1.10. The molecule has 0 aliphatic carbocycles. The third kappa shape index (κ3) is 4.66. The normalized spacial score (nSPS) is 37.6. The minimum atomic E-state index is -1.45. The molecule has 0 bridgehead atoms. The van der Waals surface area contributed by atoms with Crippen LogP contribution in [0, 0.1) is 0 Å². The molecule has 0 aromatic carbocycles. The van der Waals surface area contributed by atoms with Crippen molar-refractivity contribution in [3.8, 4) is 0 Å². The number of ether oxygens (including phenoxy) is 1. The van der Waals surface area contributed by atoms with Gasteiger partial charge in [0.05, 0.1) is 6.61 Å². The molecule has 5 N–H and O–H groups in total. The van der Waals surface area contributed by atoms with Crippen LogP contribution in [0.2, 0.25) is 0 Å². The van der Waals surface area contributed by atoms with Gasteiger partial charge in [-0.2, -0.15) is 0 Å². The van der Waals surface area contributed by atoms with E-state index in [2.05, 4.69) is 15.1 Å². The van der Waals surface area contributed by atoms with Gasteiger partial charge in [-0.3, -0.25) is 4.79 Å². The second-order valence-corrected chi connectivity index (χ2v) is 4.10. The topological polar surface area (TPSA) is 138 Å². The van der Waals surface area contributed by atoms with E-state index in [1.54, 1.807) is 0 Å². The standard InChI is InChI=1S/C8H15NO6.C2H4O2/c1-3(11)9-5-7(13)6(12)4(2-10)15-8(5)14;1-2-4-3-1/h4-8,10,12-14H,2H2,1H3,(H,9,11);1-2H2/t4-,5-,6+,7-,8-;/m1./s1. The van der Waals surface area contributed by atoms with Gasteiger partial charge in [0, 0.05) is 6.92 Å². The second kappa shape index (κ2) is 7.70. The number of nitrogens with one attached hydrogen (secondary N) is 1. The number of rotatable bonds is 2. The summed E-state index contributed by atoms with van der Waals surface area (Å²) in [6.07, 6.45) is -5.24. The molecule has 0 aromatic heterocycles. The Bertz CT molecular complexity index is 281. The number of hydrogen-bond acceptors (Lipinski definition) is 8. The third-order valence-corrected chi connectivity index (χ3v) is 2.60. The molecule has 112 valence electrons. The predicted octanol–water partition coefficient (Wildman–Crippen LogP) is -3.13. The number of amides is 1. The van der Waals surface area contributed by atoms with Gasteiger partial charge in [-0.25, -0.2) is 9.78 Å². The van der Waals surface area contributed by atoms with Crippen molar-refractivity contribution >= 4 is 5.91 Å². The van der Waals surface area contributed by atoms with Crippen molar-refractivity contribution in [1.29, 1.82) is 0 Å². The lowest BCUT2D eigenvalue weighted by atomic mass is 9.97. The van der Waals surface area contributed by atoms with Crippen molar-refractivity contribution < 1.29 is 39.7 Å². The zero-order valence-electron chi connectivity index (χ0n) is 10.4. The Labute approximate surface area is 109 Å². The molecule has 9 nitrogen and oxygen atoms in total. The highest BCUT2D eigenvalue weighted by atomic mass is 17.2. The van der Waals surface area contributed by atoms with Crippen LogP contribution in [-0.2, 0) is 19.3 Å². The minimum absolute atomic E-state index is 0.462. The molecule has 0 radical (unpaired) electrons. The summed E-state index contributed by atoms with van der Waals surface area (Å²) < 4.78 is 4.81. The van der Waals surface area contributed by atoms with Crippen LogP contribution >= 0.6 is 0 Å². The van der Waals surface area contributed by atoms with E-state index >= 15 is 0 Å². The number of aliphatic hydroxyl groups is 4. The zero-order chi connectivity index (χ0) is 14.4. The van der Waals surface area contributed by atoms with Crippen LogP contribution in [0.3, 0.4) is 0 Å². The molecule has 0 spiro atoms.